The smallest absolute Gasteiger partial charge is 0.210 e. The van der Waals surface area contributed by atoms with Gasteiger partial charge in [0.05, 0.1) is 5.75 Å². The Hall–Kier alpha value is -0.170. The van der Waals surface area contributed by atoms with Crippen LogP contribution in [0.1, 0.15) is 12.8 Å². The molecule has 2 heterocycles. The van der Waals surface area contributed by atoms with E-state index in [2.05, 4.69) is 10.2 Å². The molecule has 0 bridgehead atoms. The van der Waals surface area contributed by atoms with Gasteiger partial charge in [-0.15, -0.1) is 0 Å². The number of hydrogen-bond acceptors (Lipinski definition) is 4. The minimum Gasteiger partial charge on any atom is -0.316 e. The molecule has 1 unspecified atom stereocenters. The summed E-state index contributed by atoms with van der Waals surface area (Å²) in [5.41, 5.74) is 0. The van der Waals surface area contributed by atoms with Crippen LogP contribution in [-0.2, 0) is 10.0 Å². The van der Waals surface area contributed by atoms with E-state index in [4.69, 9.17) is 5.14 Å². The number of hydrogen-bond donors (Lipinski definition) is 2. The maximum absolute atomic E-state index is 10.9. The van der Waals surface area contributed by atoms with Gasteiger partial charge in [0.1, 0.15) is 0 Å². The van der Waals surface area contributed by atoms with Crippen molar-refractivity contribution < 1.29 is 8.42 Å². The van der Waals surface area contributed by atoms with E-state index in [-0.39, 0.29) is 5.75 Å². The molecule has 0 aromatic rings. The molecule has 1 atom stereocenters. The minimum atomic E-state index is -3.31. The normalized spacial score (nSPS) is 28.9. The second kappa shape index (κ2) is 5.00. The lowest BCUT2D eigenvalue weighted by Gasteiger charge is -2.41. The Morgan fingerprint density at radius 3 is 2.62 bits per heavy atom. The SMILES string of the molecule is NS(=O)(=O)CCN1CCCC(C2CNC2)C1. The van der Waals surface area contributed by atoms with E-state index in [9.17, 15) is 8.42 Å². The summed E-state index contributed by atoms with van der Waals surface area (Å²) >= 11 is 0. The highest BCUT2D eigenvalue weighted by molar-refractivity contribution is 7.89. The van der Waals surface area contributed by atoms with Crippen LogP contribution in [0.4, 0.5) is 0 Å². The molecule has 2 fully saturated rings. The molecule has 3 N–H and O–H groups in total. The number of piperidine rings is 1. The highest BCUT2D eigenvalue weighted by atomic mass is 32.2. The lowest BCUT2D eigenvalue weighted by atomic mass is 9.82. The molecule has 0 amide bonds. The Bertz CT molecular complexity index is 327. The van der Waals surface area contributed by atoms with Crippen LogP contribution in [0.15, 0.2) is 0 Å². The Morgan fingerprint density at radius 1 is 1.31 bits per heavy atom. The summed E-state index contributed by atoms with van der Waals surface area (Å²) in [4.78, 5) is 2.25. The number of likely N-dealkylation sites (tertiary alicyclic amines) is 1. The molecule has 2 aliphatic rings. The zero-order valence-electron chi connectivity index (χ0n) is 9.56. The van der Waals surface area contributed by atoms with E-state index < -0.39 is 10.0 Å². The molecule has 0 aliphatic carbocycles. The standard InChI is InChI=1S/C10H21N3O2S/c11-16(14,15)5-4-13-3-1-2-9(8-13)10-6-12-7-10/h9-10,12H,1-8H2,(H2,11,14,15). The van der Waals surface area contributed by atoms with Gasteiger partial charge in [0.15, 0.2) is 0 Å². The van der Waals surface area contributed by atoms with Crippen molar-refractivity contribution in [1.29, 1.82) is 0 Å². The second-order valence-electron chi connectivity index (χ2n) is 4.99. The topological polar surface area (TPSA) is 75.4 Å². The summed E-state index contributed by atoms with van der Waals surface area (Å²) in [5.74, 6) is 1.63. The van der Waals surface area contributed by atoms with Crippen LogP contribution >= 0.6 is 0 Å². The number of nitrogens with two attached hydrogens (primary N) is 1. The largest absolute Gasteiger partial charge is 0.316 e. The van der Waals surface area contributed by atoms with Crippen LogP contribution in [0.3, 0.4) is 0 Å². The van der Waals surface area contributed by atoms with Gasteiger partial charge in [-0.1, -0.05) is 0 Å². The molecule has 0 radical (unpaired) electrons. The number of nitrogens with zero attached hydrogens (tertiary/aromatic N) is 1. The summed E-state index contributed by atoms with van der Waals surface area (Å²) in [6, 6.07) is 0. The fourth-order valence-corrected chi connectivity index (χ4v) is 3.09. The first-order chi connectivity index (χ1) is 7.54. The van der Waals surface area contributed by atoms with Crippen LogP contribution in [0, 0.1) is 11.8 Å². The van der Waals surface area contributed by atoms with Crippen molar-refractivity contribution in [2.45, 2.75) is 12.8 Å². The van der Waals surface area contributed by atoms with Gasteiger partial charge in [0.2, 0.25) is 10.0 Å². The minimum absolute atomic E-state index is 0.0859. The first-order valence-corrected chi connectivity index (χ1v) is 7.70. The third kappa shape index (κ3) is 3.41. The maximum Gasteiger partial charge on any atom is 0.210 e. The zero-order chi connectivity index (χ0) is 11.6. The molecule has 2 aliphatic heterocycles. The van der Waals surface area contributed by atoms with Crippen LogP contribution < -0.4 is 10.5 Å². The molecule has 2 rings (SSSR count). The van der Waals surface area contributed by atoms with Crippen LogP contribution in [0.25, 0.3) is 0 Å². The molecule has 0 saturated carbocycles. The number of rotatable bonds is 4. The Morgan fingerprint density at radius 2 is 2.06 bits per heavy atom. The van der Waals surface area contributed by atoms with E-state index in [1.165, 1.54) is 12.8 Å². The second-order valence-corrected chi connectivity index (χ2v) is 6.72. The number of primary sulfonamides is 1. The number of nitrogens with one attached hydrogen (secondary N) is 1. The van der Waals surface area contributed by atoms with Crippen molar-refractivity contribution in [2.75, 3.05) is 38.5 Å². The van der Waals surface area contributed by atoms with Crippen LogP contribution in [0.5, 0.6) is 0 Å². The van der Waals surface area contributed by atoms with Gasteiger partial charge in [0, 0.05) is 13.1 Å². The van der Waals surface area contributed by atoms with Crippen molar-refractivity contribution in [2.24, 2.45) is 17.0 Å². The van der Waals surface area contributed by atoms with Gasteiger partial charge < -0.3 is 10.2 Å². The first-order valence-electron chi connectivity index (χ1n) is 5.98. The van der Waals surface area contributed by atoms with Crippen molar-refractivity contribution in [1.82, 2.24) is 10.2 Å². The fraction of sp³-hybridized carbons (Fsp3) is 1.00. The average molecular weight is 247 g/mol. The predicted octanol–water partition coefficient (Wildman–Crippen LogP) is -0.794. The monoisotopic (exact) mass is 247 g/mol. The molecule has 94 valence electrons. The van der Waals surface area contributed by atoms with Gasteiger partial charge >= 0.3 is 0 Å². The van der Waals surface area contributed by atoms with Gasteiger partial charge in [-0.3, -0.25) is 0 Å². The lowest BCUT2D eigenvalue weighted by Crippen LogP contribution is -2.51. The highest BCUT2D eigenvalue weighted by Gasteiger charge is 2.30. The van der Waals surface area contributed by atoms with Crippen molar-refractivity contribution in [3.63, 3.8) is 0 Å². The Kier molecular flexibility index (Phi) is 3.84. The molecule has 5 nitrogen and oxygen atoms in total. The van der Waals surface area contributed by atoms with E-state index in [1.54, 1.807) is 0 Å². The summed E-state index contributed by atoms with van der Waals surface area (Å²) in [6.07, 6.45) is 2.48. The van der Waals surface area contributed by atoms with Crippen molar-refractivity contribution in [3.8, 4) is 0 Å². The highest BCUT2D eigenvalue weighted by Crippen LogP contribution is 2.26. The van der Waals surface area contributed by atoms with Gasteiger partial charge in [0.25, 0.3) is 0 Å². The van der Waals surface area contributed by atoms with Crippen LogP contribution in [-0.4, -0.2) is 51.8 Å². The van der Waals surface area contributed by atoms with E-state index in [0.29, 0.717) is 6.54 Å². The predicted molar refractivity (Wildman–Crippen MR) is 63.5 cm³/mol. The van der Waals surface area contributed by atoms with E-state index in [1.807, 2.05) is 0 Å². The molecular formula is C10H21N3O2S. The summed E-state index contributed by atoms with van der Waals surface area (Å²) in [7, 11) is -3.31. The van der Waals surface area contributed by atoms with Gasteiger partial charge in [-0.25, -0.2) is 13.6 Å². The Labute approximate surface area is 97.4 Å². The number of sulfonamides is 1. The molecule has 0 aromatic heterocycles. The van der Waals surface area contributed by atoms with Crippen LogP contribution in [0.2, 0.25) is 0 Å². The fourth-order valence-electron chi connectivity index (χ4n) is 2.58. The maximum atomic E-state index is 10.9. The molecule has 6 heteroatoms. The summed E-state index contributed by atoms with van der Waals surface area (Å²) < 4.78 is 21.8. The van der Waals surface area contributed by atoms with Crippen molar-refractivity contribution in [3.05, 3.63) is 0 Å². The Balaban J connectivity index is 1.77. The third-order valence-corrected chi connectivity index (χ3v) is 4.47. The summed E-state index contributed by atoms with van der Waals surface area (Å²) in [5, 5.41) is 8.32. The zero-order valence-corrected chi connectivity index (χ0v) is 10.4. The summed E-state index contributed by atoms with van der Waals surface area (Å²) in [6.45, 7) is 4.92. The van der Waals surface area contributed by atoms with E-state index in [0.717, 1.165) is 38.0 Å². The molecule has 0 spiro atoms. The van der Waals surface area contributed by atoms with Gasteiger partial charge in [-0.05, 0) is 44.3 Å². The van der Waals surface area contributed by atoms with Gasteiger partial charge in [-0.2, -0.15) is 0 Å². The van der Waals surface area contributed by atoms with E-state index >= 15 is 0 Å². The lowest BCUT2D eigenvalue weighted by molar-refractivity contribution is 0.113. The molecule has 2 saturated heterocycles. The molecule has 16 heavy (non-hydrogen) atoms. The molecule has 0 aromatic carbocycles. The average Bonchev–Trinajstić information content (AvgIpc) is 2.12. The third-order valence-electron chi connectivity index (χ3n) is 3.71. The quantitative estimate of drug-likeness (QED) is 0.682. The first kappa shape index (κ1) is 12.3. The van der Waals surface area contributed by atoms with Crippen molar-refractivity contribution >= 4 is 10.0 Å². The molecular weight excluding hydrogens is 226 g/mol.